The van der Waals surface area contributed by atoms with Crippen molar-refractivity contribution in [3.63, 3.8) is 0 Å². The Kier molecular flexibility index (Phi) is 9.22. The van der Waals surface area contributed by atoms with Crippen LogP contribution in [0.1, 0.15) is 71.6 Å². The van der Waals surface area contributed by atoms with Crippen molar-refractivity contribution in [3.05, 3.63) is 143 Å². The first-order chi connectivity index (χ1) is 25.3. The fourth-order valence-electron chi connectivity index (χ4n) is 6.47. The number of pyridine rings is 2. The van der Waals surface area contributed by atoms with Crippen LogP contribution in [0.3, 0.4) is 0 Å². The number of halogens is 1. The van der Waals surface area contributed by atoms with Gasteiger partial charge in [-0.3, -0.25) is 14.4 Å². The first-order valence-electron chi connectivity index (χ1n) is 18.3. The van der Waals surface area contributed by atoms with E-state index in [1.165, 1.54) is 22.9 Å². The molecule has 5 nitrogen and oxygen atoms in total. The van der Waals surface area contributed by atoms with Crippen molar-refractivity contribution in [2.75, 3.05) is 0 Å². The molecule has 51 heavy (non-hydrogen) atoms. The van der Waals surface area contributed by atoms with Crippen molar-refractivity contribution in [1.82, 2.24) is 19.5 Å². The van der Waals surface area contributed by atoms with Crippen molar-refractivity contribution in [1.29, 1.82) is 0 Å². The van der Waals surface area contributed by atoms with Crippen LogP contribution in [0.25, 0.3) is 61.3 Å². The Morgan fingerprint density at radius 2 is 1.59 bits per heavy atom. The summed E-state index contributed by atoms with van der Waals surface area (Å²) in [5.41, 5.74) is 10.7. The molecule has 4 aromatic carbocycles. The number of imidazole rings is 1. The quantitative estimate of drug-likeness (QED) is 0.162. The summed E-state index contributed by atoms with van der Waals surface area (Å²) in [5, 5.41) is 2.17. The summed E-state index contributed by atoms with van der Waals surface area (Å²) in [6.45, 7) is 10.6. The molecule has 0 saturated heterocycles. The predicted octanol–water partition coefficient (Wildman–Crippen LogP) is 11.6. The normalized spacial score (nSPS) is 12.5. The zero-order chi connectivity index (χ0) is 37.6. The van der Waals surface area contributed by atoms with E-state index >= 15 is 0 Å². The van der Waals surface area contributed by atoms with E-state index in [4.69, 9.17) is 13.5 Å². The average Bonchev–Trinajstić information content (AvgIpc) is 3.71. The maximum absolute atomic E-state index is 13.8. The van der Waals surface area contributed by atoms with Gasteiger partial charge in [-0.1, -0.05) is 99.6 Å². The third-order valence-electron chi connectivity index (χ3n) is 8.94. The molecule has 8 aromatic rings. The molecule has 0 amide bonds. The van der Waals surface area contributed by atoms with Crippen LogP contribution in [0.5, 0.6) is 0 Å². The molecule has 0 aliphatic heterocycles. The van der Waals surface area contributed by atoms with Crippen molar-refractivity contribution >= 4 is 33.0 Å². The Labute approximate surface area is 316 Å². The van der Waals surface area contributed by atoms with Crippen LogP contribution in [0.2, 0.25) is 0 Å². The topological polar surface area (TPSA) is 56.7 Å². The van der Waals surface area contributed by atoms with Crippen LogP contribution in [0.15, 0.2) is 102 Å². The van der Waals surface area contributed by atoms with Crippen LogP contribution in [-0.2, 0) is 20.1 Å². The molecular formula is C44H39FIrN4O-2. The minimum Gasteiger partial charge on any atom is -0.501 e. The van der Waals surface area contributed by atoms with E-state index in [-0.39, 0.29) is 31.2 Å². The largest absolute Gasteiger partial charge is 0.501 e. The van der Waals surface area contributed by atoms with E-state index in [1.807, 2.05) is 49.5 Å². The molecule has 0 unspecified atom stereocenters. The number of hydrogen-bond donors (Lipinski definition) is 0. The van der Waals surface area contributed by atoms with Crippen molar-refractivity contribution in [2.45, 2.75) is 60.2 Å². The van der Waals surface area contributed by atoms with Gasteiger partial charge < -0.3 is 14.0 Å². The number of aryl methyl sites for hydroxylation is 3. The smallest absolute Gasteiger partial charge is 0.120 e. The Balaban J connectivity index is 0.000000222. The van der Waals surface area contributed by atoms with Gasteiger partial charge in [0.15, 0.2) is 0 Å². The minimum atomic E-state index is -2.32. The number of fused-ring (bicyclic) bond motifs is 4. The number of furan rings is 1. The molecule has 0 atom stereocenters. The van der Waals surface area contributed by atoms with E-state index in [2.05, 4.69) is 91.6 Å². The second-order valence-corrected chi connectivity index (χ2v) is 13.2. The summed E-state index contributed by atoms with van der Waals surface area (Å²) in [6, 6.07) is 32.8. The summed E-state index contributed by atoms with van der Waals surface area (Å²) in [7, 11) is 0. The molecule has 0 aliphatic carbocycles. The molecule has 259 valence electrons. The van der Waals surface area contributed by atoms with Crippen molar-refractivity contribution in [2.24, 2.45) is 0 Å². The van der Waals surface area contributed by atoms with Crippen LogP contribution >= 0.6 is 0 Å². The molecule has 0 fully saturated rings. The van der Waals surface area contributed by atoms with Gasteiger partial charge in [-0.15, -0.1) is 42.0 Å². The first kappa shape index (κ1) is 32.0. The maximum Gasteiger partial charge on any atom is 0.120 e. The maximum atomic E-state index is 13.8. The average molecular weight is 854 g/mol. The van der Waals surface area contributed by atoms with Gasteiger partial charge in [0, 0.05) is 53.5 Å². The number of benzene rings is 4. The molecule has 0 spiro atoms. The molecule has 4 heterocycles. The van der Waals surface area contributed by atoms with Crippen LogP contribution < -0.4 is 0 Å². The van der Waals surface area contributed by atoms with Crippen LogP contribution in [0, 0.1) is 38.6 Å². The van der Waals surface area contributed by atoms with Crippen molar-refractivity contribution in [3.8, 4) is 28.3 Å². The van der Waals surface area contributed by atoms with E-state index in [0.717, 1.165) is 61.7 Å². The molecule has 0 N–H and O–H groups in total. The van der Waals surface area contributed by atoms with Gasteiger partial charge in [-0.25, -0.2) is 0 Å². The van der Waals surface area contributed by atoms with Gasteiger partial charge in [0.25, 0.3) is 0 Å². The van der Waals surface area contributed by atoms with Gasteiger partial charge in [-0.05, 0) is 60.2 Å². The molecule has 1 radical (unpaired) electrons. The van der Waals surface area contributed by atoms with E-state index < -0.39 is 12.7 Å². The van der Waals surface area contributed by atoms with Gasteiger partial charge in [-0.2, -0.15) is 0 Å². The second-order valence-electron chi connectivity index (χ2n) is 13.2. The summed E-state index contributed by atoms with van der Waals surface area (Å²) in [5.74, 6) is 0.893. The van der Waals surface area contributed by atoms with Gasteiger partial charge in [0.2, 0.25) is 0 Å². The molecule has 8 rings (SSSR count). The minimum absolute atomic E-state index is 0. The van der Waals surface area contributed by atoms with E-state index in [0.29, 0.717) is 17.5 Å². The fraction of sp³-hybridized carbons (Fsp3) is 0.205. The van der Waals surface area contributed by atoms with Gasteiger partial charge in [0.1, 0.15) is 5.58 Å². The second kappa shape index (κ2) is 14.7. The summed E-state index contributed by atoms with van der Waals surface area (Å²) >= 11 is 0. The van der Waals surface area contributed by atoms with Crippen molar-refractivity contribution < 1.29 is 33.0 Å². The van der Waals surface area contributed by atoms with E-state index in [9.17, 15) is 4.39 Å². The Morgan fingerprint density at radius 1 is 0.824 bits per heavy atom. The summed E-state index contributed by atoms with van der Waals surface area (Å²) < 4.78 is 44.2. The third kappa shape index (κ3) is 6.76. The third-order valence-corrected chi connectivity index (χ3v) is 8.94. The number of aromatic nitrogens is 4. The SMILES string of the molecule is Cc1nccc2nc(-c3[c-]ccc4c3oc3ccccc34)n(-c3c(C(C)C)cccc3C(C)C)c12.[2H]C([2H])([2H])c1c[c-]c(-c2ccc(C)cn2)c(F)c1.[Ir]. The molecule has 0 saturated carbocycles. The van der Waals surface area contributed by atoms with E-state index in [1.54, 1.807) is 12.3 Å². The predicted molar refractivity (Wildman–Crippen MR) is 201 cm³/mol. The zero-order valence-electron chi connectivity index (χ0n) is 32.3. The molecule has 7 heteroatoms. The molecule has 0 bridgehead atoms. The Hall–Kier alpha value is -4.97. The van der Waals surface area contributed by atoms with Gasteiger partial charge in [0.05, 0.1) is 28.1 Å². The fourth-order valence-corrected chi connectivity index (χ4v) is 6.47. The summed E-state index contributed by atoms with van der Waals surface area (Å²) in [6.07, 6.45) is 3.46. The number of hydrogen-bond acceptors (Lipinski definition) is 4. The Bertz CT molecular complexity index is 2580. The van der Waals surface area contributed by atoms with Crippen LogP contribution in [-0.4, -0.2) is 19.5 Å². The monoisotopic (exact) mass is 854 g/mol. The first-order valence-corrected chi connectivity index (χ1v) is 16.8. The zero-order valence-corrected chi connectivity index (χ0v) is 31.7. The summed E-state index contributed by atoms with van der Waals surface area (Å²) in [4.78, 5) is 13.9. The van der Waals surface area contributed by atoms with Gasteiger partial charge >= 0.3 is 0 Å². The number of nitrogens with zero attached hydrogens (tertiary/aromatic N) is 4. The standard InChI is InChI=1S/C31H28N3O.C13H11FN.Ir/c1-18(2)21-11-8-12-22(19(3)4)29(21)34-28-20(5)32-17-16-26(28)33-31(34)25-14-9-13-24-23-10-6-7-15-27(23)35-30(24)25;1-9-3-5-11(12(14)7-9)13-6-4-10(2)8-15-13;/h6-13,15-19H,1-5H3;3-4,6-8H,1-2H3;/q2*-1;/i;1D3;. The molecular weight excluding hydrogens is 812 g/mol. The molecule has 4 aromatic heterocycles. The molecule has 0 aliphatic rings. The van der Waals surface area contributed by atoms with Crippen LogP contribution in [0.4, 0.5) is 4.39 Å². The number of rotatable bonds is 5. The Morgan fingerprint density at radius 3 is 2.27 bits per heavy atom. The number of para-hydroxylation sites is 2.